The van der Waals surface area contributed by atoms with Gasteiger partial charge in [-0.05, 0) is 12.8 Å². The first-order valence-corrected chi connectivity index (χ1v) is 4.75. The summed E-state index contributed by atoms with van der Waals surface area (Å²) in [5.41, 5.74) is 0. The molecule has 4 N–H and O–H groups in total. The summed E-state index contributed by atoms with van der Waals surface area (Å²) in [4.78, 5) is 0. The van der Waals surface area contributed by atoms with Crippen LogP contribution in [0.15, 0.2) is 0 Å². The molecule has 0 rings (SSSR count). The monoisotopic (exact) mass is 202 g/mol. The molecule has 0 aliphatic carbocycles. The van der Waals surface area contributed by atoms with E-state index in [-0.39, 0.29) is 25.7 Å². The molecule has 0 saturated carbocycles. The molecule has 0 aromatic carbocycles. The van der Waals surface area contributed by atoms with E-state index < -0.39 is 6.10 Å². The van der Waals surface area contributed by atoms with Crippen molar-refractivity contribution in [2.75, 3.05) is 19.8 Å². The van der Waals surface area contributed by atoms with E-state index >= 15 is 0 Å². The van der Waals surface area contributed by atoms with Crippen LogP contribution in [0.1, 0.15) is 19.3 Å². The predicted molar refractivity (Wildman–Crippen MR) is 52.4 cm³/mol. The van der Waals surface area contributed by atoms with Crippen molar-refractivity contribution in [3.05, 3.63) is 0 Å². The Hall–Kier alpha value is -0.600. The third-order valence-electron chi connectivity index (χ3n) is 1.99. The zero-order valence-electron chi connectivity index (χ0n) is 8.19. The number of hydrogen-bond acceptors (Lipinski definition) is 4. The lowest BCUT2D eigenvalue weighted by Gasteiger charge is -2.15. The van der Waals surface area contributed by atoms with Gasteiger partial charge in [-0.25, -0.2) is 0 Å². The summed E-state index contributed by atoms with van der Waals surface area (Å²) in [6, 6.07) is 0. The van der Waals surface area contributed by atoms with Crippen molar-refractivity contribution >= 4 is 0 Å². The Morgan fingerprint density at radius 3 is 2.29 bits per heavy atom. The Morgan fingerprint density at radius 2 is 1.79 bits per heavy atom. The molecule has 0 spiro atoms. The fourth-order valence-electron chi connectivity index (χ4n) is 1.14. The highest BCUT2D eigenvalue weighted by Gasteiger charge is 2.15. The molecular formula is C10H18O4. The van der Waals surface area contributed by atoms with Crippen LogP contribution in [-0.2, 0) is 0 Å². The molecule has 4 nitrogen and oxygen atoms in total. The van der Waals surface area contributed by atoms with E-state index in [2.05, 4.69) is 11.8 Å². The first kappa shape index (κ1) is 13.4. The van der Waals surface area contributed by atoms with Gasteiger partial charge in [0.2, 0.25) is 0 Å². The normalized spacial score (nSPS) is 14.3. The molecule has 14 heavy (non-hydrogen) atoms. The predicted octanol–water partition coefficient (Wildman–Crippen LogP) is -0.886. The van der Waals surface area contributed by atoms with Crippen molar-refractivity contribution in [1.82, 2.24) is 0 Å². The van der Waals surface area contributed by atoms with Gasteiger partial charge in [-0.1, -0.05) is 18.3 Å². The second-order valence-corrected chi connectivity index (χ2v) is 3.09. The van der Waals surface area contributed by atoms with Crippen molar-refractivity contribution < 1.29 is 20.4 Å². The Morgan fingerprint density at radius 1 is 1.07 bits per heavy atom. The van der Waals surface area contributed by atoms with E-state index in [1.165, 1.54) is 0 Å². The van der Waals surface area contributed by atoms with Crippen LogP contribution >= 0.6 is 0 Å². The molecule has 0 aliphatic heterocycles. The van der Waals surface area contributed by atoms with Crippen LogP contribution in [-0.4, -0.2) is 46.4 Å². The van der Waals surface area contributed by atoms with Crippen molar-refractivity contribution in [1.29, 1.82) is 0 Å². The second-order valence-electron chi connectivity index (χ2n) is 3.09. The van der Waals surface area contributed by atoms with Crippen LogP contribution in [0.2, 0.25) is 0 Å². The maximum atomic E-state index is 9.43. The number of hydrogen-bond donors (Lipinski definition) is 4. The van der Waals surface area contributed by atoms with Gasteiger partial charge in [-0.2, -0.15) is 0 Å². The van der Waals surface area contributed by atoms with Crippen LogP contribution in [0.4, 0.5) is 0 Å². The van der Waals surface area contributed by atoms with Crippen LogP contribution in [0, 0.1) is 17.8 Å². The maximum Gasteiger partial charge on any atom is 0.119 e. The number of rotatable bonds is 6. The molecule has 82 valence electrons. The first-order chi connectivity index (χ1) is 6.76. The number of aliphatic hydroxyl groups is 4. The highest BCUT2D eigenvalue weighted by molar-refractivity contribution is 5.06. The molecule has 0 aliphatic rings. The molecule has 0 bridgehead atoms. The van der Waals surface area contributed by atoms with Crippen molar-refractivity contribution in [2.45, 2.75) is 25.4 Å². The van der Waals surface area contributed by atoms with Gasteiger partial charge in [0, 0.05) is 19.1 Å². The summed E-state index contributed by atoms with van der Waals surface area (Å²) in [7, 11) is 0. The first-order valence-electron chi connectivity index (χ1n) is 4.75. The van der Waals surface area contributed by atoms with Crippen molar-refractivity contribution in [3.8, 4) is 11.8 Å². The summed E-state index contributed by atoms with van der Waals surface area (Å²) < 4.78 is 0. The molecule has 4 heteroatoms. The van der Waals surface area contributed by atoms with Crippen LogP contribution in [0.5, 0.6) is 0 Å². The fraction of sp³-hybridized carbons (Fsp3) is 0.800. The minimum atomic E-state index is -0.897. The Balaban J connectivity index is 3.86. The van der Waals surface area contributed by atoms with Gasteiger partial charge in [0.25, 0.3) is 0 Å². The molecular weight excluding hydrogens is 184 g/mol. The lowest BCUT2D eigenvalue weighted by atomic mass is 9.97. The van der Waals surface area contributed by atoms with Gasteiger partial charge < -0.3 is 20.4 Å². The molecule has 2 atom stereocenters. The topological polar surface area (TPSA) is 80.9 Å². The molecule has 0 saturated heterocycles. The van der Waals surface area contributed by atoms with Gasteiger partial charge in [0.1, 0.15) is 12.7 Å². The van der Waals surface area contributed by atoms with Gasteiger partial charge in [0.15, 0.2) is 0 Å². The highest BCUT2D eigenvalue weighted by Crippen LogP contribution is 2.11. The maximum absolute atomic E-state index is 9.43. The van der Waals surface area contributed by atoms with Crippen LogP contribution < -0.4 is 0 Å². The van der Waals surface area contributed by atoms with E-state index in [0.717, 1.165) is 6.42 Å². The van der Waals surface area contributed by atoms with Crippen molar-refractivity contribution in [2.24, 2.45) is 5.92 Å². The Bertz CT molecular complexity index is 182. The number of unbranched alkanes of at least 4 members (excludes halogenated alkanes) is 1. The molecule has 0 heterocycles. The van der Waals surface area contributed by atoms with Gasteiger partial charge in [-0.15, -0.1) is 0 Å². The molecule has 0 radical (unpaired) electrons. The molecule has 0 aromatic heterocycles. The fourth-order valence-corrected chi connectivity index (χ4v) is 1.14. The van der Waals surface area contributed by atoms with E-state index in [4.69, 9.17) is 15.3 Å². The third kappa shape index (κ3) is 5.95. The quantitative estimate of drug-likeness (QED) is 0.333. The van der Waals surface area contributed by atoms with Gasteiger partial charge in [0.05, 0.1) is 0 Å². The SMILES string of the molecule is OCC#CC(O)C(CO)CCCCO. The average Bonchev–Trinajstić information content (AvgIpc) is 2.21. The molecule has 0 aromatic rings. The minimum Gasteiger partial charge on any atom is -0.396 e. The summed E-state index contributed by atoms with van der Waals surface area (Å²) >= 11 is 0. The Labute approximate surface area is 84.2 Å². The summed E-state index contributed by atoms with van der Waals surface area (Å²) in [6.45, 7) is -0.297. The van der Waals surface area contributed by atoms with Crippen LogP contribution in [0.25, 0.3) is 0 Å². The van der Waals surface area contributed by atoms with Gasteiger partial charge >= 0.3 is 0 Å². The zero-order valence-corrected chi connectivity index (χ0v) is 8.19. The summed E-state index contributed by atoms with van der Waals surface area (Å²) in [6.07, 6.45) is 1.14. The van der Waals surface area contributed by atoms with Crippen LogP contribution in [0.3, 0.4) is 0 Å². The standard InChI is InChI=1S/C10H18O4/c11-6-2-1-4-9(8-13)10(14)5-3-7-12/h9-14H,1-2,4,6-8H2. The molecule has 0 fully saturated rings. The zero-order chi connectivity index (χ0) is 10.8. The lowest BCUT2D eigenvalue weighted by Crippen LogP contribution is -2.22. The largest absolute Gasteiger partial charge is 0.396 e. The smallest absolute Gasteiger partial charge is 0.119 e. The van der Waals surface area contributed by atoms with E-state index in [9.17, 15) is 5.11 Å². The van der Waals surface area contributed by atoms with E-state index in [1.54, 1.807) is 0 Å². The minimum absolute atomic E-state index is 0.122. The van der Waals surface area contributed by atoms with E-state index in [0.29, 0.717) is 12.8 Å². The summed E-state index contributed by atoms with van der Waals surface area (Å²) in [5.74, 6) is 4.50. The number of aliphatic hydroxyl groups excluding tert-OH is 4. The van der Waals surface area contributed by atoms with Crippen molar-refractivity contribution in [3.63, 3.8) is 0 Å². The molecule has 2 unspecified atom stereocenters. The van der Waals surface area contributed by atoms with E-state index in [1.807, 2.05) is 0 Å². The summed E-state index contributed by atoms with van der Waals surface area (Å²) in [5, 5.41) is 35.3. The second kappa shape index (κ2) is 8.97. The highest BCUT2D eigenvalue weighted by atomic mass is 16.3. The lowest BCUT2D eigenvalue weighted by molar-refractivity contribution is 0.0979. The molecule has 0 amide bonds. The third-order valence-corrected chi connectivity index (χ3v) is 1.99. The Kier molecular flexibility index (Phi) is 8.59. The average molecular weight is 202 g/mol. The van der Waals surface area contributed by atoms with Gasteiger partial charge in [-0.3, -0.25) is 0 Å².